The maximum absolute atomic E-state index is 12.6. The van der Waals surface area contributed by atoms with Crippen LogP contribution >= 0.6 is 0 Å². The molecule has 2 rings (SSSR count). The van der Waals surface area contributed by atoms with Crippen molar-refractivity contribution in [2.45, 2.75) is 31.8 Å². The van der Waals surface area contributed by atoms with Crippen molar-refractivity contribution in [2.24, 2.45) is 5.92 Å². The van der Waals surface area contributed by atoms with Crippen molar-refractivity contribution in [2.75, 3.05) is 39.1 Å². The van der Waals surface area contributed by atoms with Crippen LogP contribution in [0.2, 0.25) is 0 Å². The van der Waals surface area contributed by atoms with Crippen LogP contribution in [-0.4, -0.2) is 70.4 Å². The number of hydrogen-bond acceptors (Lipinski definition) is 5. The zero-order chi connectivity index (χ0) is 15.5. The van der Waals surface area contributed by atoms with Gasteiger partial charge in [0.25, 0.3) is 0 Å². The summed E-state index contributed by atoms with van der Waals surface area (Å²) < 4.78 is 30.7. The SMILES string of the molecule is CCNC1COCC1C(=O)N1CCCC(NS(C)(=O)=O)C1. The van der Waals surface area contributed by atoms with Gasteiger partial charge in [-0.15, -0.1) is 0 Å². The van der Waals surface area contributed by atoms with Crippen LogP contribution in [-0.2, 0) is 19.6 Å². The van der Waals surface area contributed by atoms with Gasteiger partial charge in [-0.2, -0.15) is 0 Å². The Labute approximate surface area is 126 Å². The van der Waals surface area contributed by atoms with E-state index in [0.29, 0.717) is 26.3 Å². The number of carbonyl (C=O) groups excluding carboxylic acids is 1. The van der Waals surface area contributed by atoms with Gasteiger partial charge in [-0.05, 0) is 19.4 Å². The highest BCUT2D eigenvalue weighted by atomic mass is 32.2. The number of likely N-dealkylation sites (tertiary alicyclic amines) is 1. The lowest BCUT2D eigenvalue weighted by atomic mass is 9.99. The summed E-state index contributed by atoms with van der Waals surface area (Å²) in [4.78, 5) is 14.4. The largest absolute Gasteiger partial charge is 0.379 e. The van der Waals surface area contributed by atoms with Gasteiger partial charge in [-0.1, -0.05) is 6.92 Å². The fourth-order valence-electron chi connectivity index (χ4n) is 3.07. The number of hydrogen-bond donors (Lipinski definition) is 2. The van der Waals surface area contributed by atoms with Gasteiger partial charge < -0.3 is 15.0 Å². The van der Waals surface area contributed by atoms with Crippen LogP contribution in [0.4, 0.5) is 0 Å². The molecule has 0 aromatic carbocycles. The first-order chi connectivity index (χ1) is 9.90. The standard InChI is InChI=1S/C13H25N3O4S/c1-3-14-12-9-20-8-11(12)13(17)16-6-4-5-10(7-16)15-21(2,18)19/h10-12,14-15H,3-9H2,1-2H3. The smallest absolute Gasteiger partial charge is 0.229 e. The summed E-state index contributed by atoms with van der Waals surface area (Å²) in [5.74, 6) is -0.0969. The summed E-state index contributed by atoms with van der Waals surface area (Å²) in [5.41, 5.74) is 0. The number of carbonyl (C=O) groups is 1. The number of piperidine rings is 1. The van der Waals surface area contributed by atoms with E-state index in [0.717, 1.165) is 25.6 Å². The number of sulfonamides is 1. The molecule has 2 aliphatic heterocycles. The second-order valence-electron chi connectivity index (χ2n) is 5.82. The van der Waals surface area contributed by atoms with Gasteiger partial charge in [0.15, 0.2) is 0 Å². The average molecular weight is 319 g/mol. The lowest BCUT2D eigenvalue weighted by molar-refractivity contribution is -0.137. The van der Waals surface area contributed by atoms with E-state index in [1.807, 2.05) is 6.92 Å². The molecule has 0 bridgehead atoms. The molecule has 0 aromatic rings. The molecule has 21 heavy (non-hydrogen) atoms. The zero-order valence-corrected chi connectivity index (χ0v) is 13.5. The molecule has 2 aliphatic rings. The molecule has 0 saturated carbocycles. The second-order valence-corrected chi connectivity index (χ2v) is 7.60. The molecule has 8 heteroatoms. The first-order valence-electron chi connectivity index (χ1n) is 7.48. The number of amides is 1. The minimum Gasteiger partial charge on any atom is -0.379 e. The Bertz CT molecular complexity index is 468. The van der Waals surface area contributed by atoms with Crippen LogP contribution in [0.1, 0.15) is 19.8 Å². The van der Waals surface area contributed by atoms with E-state index in [1.165, 1.54) is 0 Å². The van der Waals surface area contributed by atoms with Crippen molar-refractivity contribution in [1.82, 2.24) is 14.9 Å². The molecule has 3 atom stereocenters. The third kappa shape index (κ3) is 4.64. The van der Waals surface area contributed by atoms with Crippen LogP contribution in [0.3, 0.4) is 0 Å². The van der Waals surface area contributed by atoms with E-state index in [2.05, 4.69) is 10.0 Å². The van der Waals surface area contributed by atoms with Crippen molar-refractivity contribution >= 4 is 15.9 Å². The quantitative estimate of drug-likeness (QED) is 0.689. The van der Waals surface area contributed by atoms with Crippen molar-refractivity contribution < 1.29 is 17.9 Å². The van der Waals surface area contributed by atoms with Crippen LogP contribution in [0.25, 0.3) is 0 Å². The van der Waals surface area contributed by atoms with E-state index < -0.39 is 10.0 Å². The topological polar surface area (TPSA) is 87.7 Å². The average Bonchev–Trinajstić information content (AvgIpc) is 2.85. The molecule has 122 valence electrons. The van der Waals surface area contributed by atoms with Gasteiger partial charge in [-0.25, -0.2) is 13.1 Å². The molecule has 0 aliphatic carbocycles. The maximum atomic E-state index is 12.6. The highest BCUT2D eigenvalue weighted by Gasteiger charge is 2.37. The van der Waals surface area contributed by atoms with E-state index in [1.54, 1.807) is 4.90 Å². The van der Waals surface area contributed by atoms with Crippen molar-refractivity contribution in [1.29, 1.82) is 0 Å². The third-order valence-electron chi connectivity index (χ3n) is 3.98. The second kappa shape index (κ2) is 7.04. The molecular formula is C13H25N3O4S. The van der Waals surface area contributed by atoms with Crippen molar-refractivity contribution in [3.63, 3.8) is 0 Å². The van der Waals surface area contributed by atoms with E-state index >= 15 is 0 Å². The third-order valence-corrected chi connectivity index (χ3v) is 4.74. The summed E-state index contributed by atoms with van der Waals surface area (Å²) in [5, 5.41) is 3.28. The van der Waals surface area contributed by atoms with Crippen LogP contribution < -0.4 is 10.0 Å². The number of rotatable bonds is 5. The van der Waals surface area contributed by atoms with Crippen LogP contribution in [0, 0.1) is 5.92 Å². The molecule has 1 amide bonds. The van der Waals surface area contributed by atoms with E-state index in [4.69, 9.17) is 4.74 Å². The molecule has 0 spiro atoms. The minimum atomic E-state index is -3.24. The van der Waals surface area contributed by atoms with Gasteiger partial charge in [0.05, 0.1) is 25.4 Å². The predicted octanol–water partition coefficient (Wildman–Crippen LogP) is -0.849. The molecule has 2 saturated heterocycles. The van der Waals surface area contributed by atoms with E-state index in [-0.39, 0.29) is 23.9 Å². The maximum Gasteiger partial charge on any atom is 0.229 e. The molecule has 0 radical (unpaired) electrons. The molecule has 2 heterocycles. The normalized spacial score (nSPS) is 30.6. The fourth-order valence-corrected chi connectivity index (χ4v) is 3.87. The molecule has 2 fully saturated rings. The van der Waals surface area contributed by atoms with Gasteiger partial charge in [-0.3, -0.25) is 4.79 Å². The van der Waals surface area contributed by atoms with Gasteiger partial charge in [0.2, 0.25) is 15.9 Å². The van der Waals surface area contributed by atoms with Crippen molar-refractivity contribution in [3.8, 4) is 0 Å². The first kappa shape index (κ1) is 16.7. The predicted molar refractivity (Wildman–Crippen MR) is 79.4 cm³/mol. The number of nitrogens with zero attached hydrogens (tertiary/aromatic N) is 1. The van der Waals surface area contributed by atoms with Gasteiger partial charge in [0.1, 0.15) is 0 Å². The summed E-state index contributed by atoms with van der Waals surface area (Å²) in [6, 6.07) is -0.122. The highest BCUT2D eigenvalue weighted by molar-refractivity contribution is 7.88. The lowest BCUT2D eigenvalue weighted by Crippen LogP contribution is -2.53. The number of likely N-dealkylation sites (N-methyl/N-ethyl adjacent to an activating group) is 1. The summed E-state index contributed by atoms with van der Waals surface area (Å²) >= 11 is 0. The zero-order valence-electron chi connectivity index (χ0n) is 12.7. The molecule has 3 unspecified atom stereocenters. The number of ether oxygens (including phenoxy) is 1. The summed E-state index contributed by atoms with van der Waals surface area (Å²) in [6.07, 6.45) is 2.74. The minimum absolute atomic E-state index is 0.0609. The Morgan fingerprint density at radius 2 is 2.14 bits per heavy atom. The Hall–Kier alpha value is -0.700. The molecule has 0 aromatic heterocycles. The first-order valence-corrected chi connectivity index (χ1v) is 9.37. The monoisotopic (exact) mass is 319 g/mol. The molecule has 7 nitrogen and oxygen atoms in total. The summed E-state index contributed by atoms with van der Waals surface area (Å²) in [7, 11) is -3.24. The van der Waals surface area contributed by atoms with Gasteiger partial charge in [0, 0.05) is 25.2 Å². The Morgan fingerprint density at radius 3 is 2.81 bits per heavy atom. The Kier molecular flexibility index (Phi) is 5.59. The Balaban J connectivity index is 1.95. The highest BCUT2D eigenvalue weighted by Crippen LogP contribution is 2.20. The summed E-state index contributed by atoms with van der Waals surface area (Å²) in [6.45, 7) is 4.94. The molecule has 2 N–H and O–H groups in total. The molecular weight excluding hydrogens is 294 g/mol. The van der Waals surface area contributed by atoms with Crippen molar-refractivity contribution in [3.05, 3.63) is 0 Å². The lowest BCUT2D eigenvalue weighted by Gasteiger charge is -2.35. The fraction of sp³-hybridized carbons (Fsp3) is 0.923. The Morgan fingerprint density at radius 1 is 1.38 bits per heavy atom. The van der Waals surface area contributed by atoms with Gasteiger partial charge >= 0.3 is 0 Å². The number of nitrogens with one attached hydrogen (secondary N) is 2. The van der Waals surface area contributed by atoms with E-state index in [9.17, 15) is 13.2 Å². The van der Waals surface area contributed by atoms with Crippen LogP contribution in [0.5, 0.6) is 0 Å². The van der Waals surface area contributed by atoms with Crippen LogP contribution in [0.15, 0.2) is 0 Å².